The zero-order valence-electron chi connectivity index (χ0n) is 16.3. The van der Waals surface area contributed by atoms with Crippen molar-refractivity contribution < 1.29 is 4.74 Å². The van der Waals surface area contributed by atoms with Crippen LogP contribution in [0.5, 0.6) is 11.5 Å². The number of pyridine rings is 1. The molecule has 3 heterocycles. The van der Waals surface area contributed by atoms with Gasteiger partial charge in [-0.2, -0.15) is 0 Å². The van der Waals surface area contributed by atoms with E-state index in [9.17, 15) is 0 Å². The Labute approximate surface area is 173 Å². The Kier molecular flexibility index (Phi) is 4.89. The van der Waals surface area contributed by atoms with Gasteiger partial charge in [0.05, 0.1) is 10.2 Å². The number of hydrogen-bond donors (Lipinski definition) is 1. The van der Waals surface area contributed by atoms with Crippen molar-refractivity contribution in [1.82, 2.24) is 19.5 Å². The summed E-state index contributed by atoms with van der Waals surface area (Å²) in [7, 11) is 1.95. The van der Waals surface area contributed by atoms with E-state index < -0.39 is 0 Å². The Bertz CT molecular complexity index is 1130. The largest absolute Gasteiger partial charge is 0.457 e. The van der Waals surface area contributed by atoms with Gasteiger partial charge >= 0.3 is 0 Å². The Morgan fingerprint density at radius 2 is 1.90 bits per heavy atom. The first kappa shape index (κ1) is 18.1. The molecule has 0 spiro atoms. The van der Waals surface area contributed by atoms with Crippen LogP contribution < -0.4 is 10.1 Å². The molecule has 29 heavy (non-hydrogen) atoms. The molecule has 1 N–H and O–H groups in total. The molecule has 1 fully saturated rings. The topological polar surface area (TPSA) is 64.9 Å². The summed E-state index contributed by atoms with van der Waals surface area (Å²) in [4.78, 5) is 13.5. The molecule has 5 rings (SSSR count). The molecule has 0 atom stereocenters. The molecule has 3 aromatic heterocycles. The monoisotopic (exact) mass is 405 g/mol. The van der Waals surface area contributed by atoms with Gasteiger partial charge in [-0.1, -0.05) is 30.6 Å². The average molecular weight is 406 g/mol. The summed E-state index contributed by atoms with van der Waals surface area (Å²) in [5, 5.41) is 4.62. The minimum atomic E-state index is 0.557. The second-order valence-electron chi connectivity index (χ2n) is 7.47. The predicted octanol–water partition coefficient (Wildman–Crippen LogP) is 5.63. The molecule has 0 unspecified atom stereocenters. The average Bonchev–Trinajstić information content (AvgIpc) is 3.34. The van der Waals surface area contributed by atoms with E-state index in [1.165, 1.54) is 32.1 Å². The number of aromatic nitrogens is 4. The van der Waals surface area contributed by atoms with Gasteiger partial charge in [-0.3, -0.25) is 4.98 Å². The van der Waals surface area contributed by atoms with Crippen molar-refractivity contribution in [3.8, 4) is 23.0 Å². The number of ether oxygens (including phenoxy) is 1. The molecule has 1 aromatic carbocycles. The van der Waals surface area contributed by atoms with Crippen LogP contribution in [0.2, 0.25) is 0 Å². The molecular weight excluding hydrogens is 382 g/mol. The van der Waals surface area contributed by atoms with Crippen molar-refractivity contribution in [1.29, 1.82) is 0 Å². The minimum absolute atomic E-state index is 0.557. The van der Waals surface area contributed by atoms with Crippen LogP contribution in [0.3, 0.4) is 0 Å². The standard InChI is InChI=1S/C22H23N5OS/c1-27-12-11-24-21(27)19-13-17(9-10-23-19)28-16-7-8-18-20(14-16)29-22(26-18)25-15-5-3-2-4-6-15/h7-15H,2-6H2,1H3,(H,25,26). The number of imidazole rings is 1. The number of benzene rings is 1. The second kappa shape index (κ2) is 7.83. The van der Waals surface area contributed by atoms with Crippen molar-refractivity contribution in [2.75, 3.05) is 5.32 Å². The van der Waals surface area contributed by atoms with Crippen LogP contribution in [0.4, 0.5) is 5.13 Å². The number of anilines is 1. The molecule has 0 bridgehead atoms. The molecule has 6 nitrogen and oxygen atoms in total. The Morgan fingerprint density at radius 1 is 1.03 bits per heavy atom. The van der Waals surface area contributed by atoms with E-state index >= 15 is 0 Å². The third kappa shape index (κ3) is 3.96. The lowest BCUT2D eigenvalue weighted by molar-refractivity contribution is 0.462. The maximum atomic E-state index is 6.11. The molecular formula is C22H23N5OS. The first-order valence-electron chi connectivity index (χ1n) is 10.0. The SMILES string of the molecule is Cn1ccnc1-c1cc(Oc2ccc3nc(NC4CCCCC4)sc3c2)ccn1. The van der Waals surface area contributed by atoms with Gasteiger partial charge in [-0.15, -0.1) is 0 Å². The van der Waals surface area contributed by atoms with Gasteiger partial charge < -0.3 is 14.6 Å². The van der Waals surface area contributed by atoms with Gasteiger partial charge in [0.25, 0.3) is 0 Å². The summed E-state index contributed by atoms with van der Waals surface area (Å²) in [6.07, 6.45) is 11.9. The summed E-state index contributed by atoms with van der Waals surface area (Å²) in [5.74, 6) is 2.34. The summed E-state index contributed by atoms with van der Waals surface area (Å²) >= 11 is 1.69. The fourth-order valence-electron chi connectivity index (χ4n) is 3.80. The van der Waals surface area contributed by atoms with Crippen LogP contribution in [0.25, 0.3) is 21.7 Å². The summed E-state index contributed by atoms with van der Waals surface area (Å²) in [5.41, 5.74) is 1.79. The summed E-state index contributed by atoms with van der Waals surface area (Å²) in [6.45, 7) is 0. The predicted molar refractivity (Wildman–Crippen MR) is 117 cm³/mol. The number of thiazole rings is 1. The molecule has 0 saturated heterocycles. The third-order valence-corrected chi connectivity index (χ3v) is 6.26. The van der Waals surface area contributed by atoms with Gasteiger partial charge in [0.2, 0.25) is 0 Å². The number of fused-ring (bicyclic) bond motifs is 1. The van der Waals surface area contributed by atoms with E-state index in [2.05, 4.69) is 21.4 Å². The quantitative estimate of drug-likeness (QED) is 0.466. The lowest BCUT2D eigenvalue weighted by Gasteiger charge is -2.22. The van der Waals surface area contributed by atoms with Crippen molar-refractivity contribution in [2.24, 2.45) is 7.05 Å². The third-order valence-electron chi connectivity index (χ3n) is 5.31. The number of nitrogens with one attached hydrogen (secondary N) is 1. The lowest BCUT2D eigenvalue weighted by atomic mass is 9.96. The van der Waals surface area contributed by atoms with Crippen molar-refractivity contribution in [3.63, 3.8) is 0 Å². The molecule has 7 heteroatoms. The van der Waals surface area contributed by atoms with Crippen molar-refractivity contribution >= 4 is 26.7 Å². The molecule has 0 radical (unpaired) electrons. The fourth-order valence-corrected chi connectivity index (χ4v) is 4.77. The zero-order chi connectivity index (χ0) is 19.6. The Morgan fingerprint density at radius 3 is 2.72 bits per heavy atom. The molecule has 148 valence electrons. The molecule has 1 aliphatic rings. The van der Waals surface area contributed by atoms with Gasteiger partial charge in [-0.25, -0.2) is 9.97 Å². The van der Waals surface area contributed by atoms with Crippen LogP contribution >= 0.6 is 11.3 Å². The van der Waals surface area contributed by atoms with E-state index in [1.54, 1.807) is 23.7 Å². The molecule has 1 saturated carbocycles. The number of rotatable bonds is 5. The maximum absolute atomic E-state index is 6.11. The van der Waals surface area contributed by atoms with Gasteiger partial charge in [0.15, 0.2) is 11.0 Å². The van der Waals surface area contributed by atoms with Crippen LogP contribution in [0.1, 0.15) is 32.1 Å². The second-order valence-corrected chi connectivity index (χ2v) is 8.50. The molecule has 1 aliphatic carbocycles. The highest BCUT2D eigenvalue weighted by molar-refractivity contribution is 7.22. The summed E-state index contributed by atoms with van der Waals surface area (Å²) < 4.78 is 9.17. The van der Waals surface area contributed by atoms with E-state index in [-0.39, 0.29) is 0 Å². The molecule has 0 amide bonds. The van der Waals surface area contributed by atoms with E-state index in [4.69, 9.17) is 9.72 Å². The van der Waals surface area contributed by atoms with Gasteiger partial charge in [0.1, 0.15) is 17.2 Å². The van der Waals surface area contributed by atoms with Crippen molar-refractivity contribution in [3.05, 3.63) is 48.9 Å². The number of aryl methyl sites for hydroxylation is 1. The first-order chi connectivity index (χ1) is 14.2. The first-order valence-corrected chi connectivity index (χ1v) is 10.8. The number of nitrogens with zero attached hydrogens (tertiary/aromatic N) is 4. The van der Waals surface area contributed by atoms with E-state index in [0.29, 0.717) is 6.04 Å². The highest BCUT2D eigenvalue weighted by atomic mass is 32.1. The van der Waals surface area contributed by atoms with Crippen LogP contribution in [0, 0.1) is 0 Å². The normalized spacial score (nSPS) is 14.9. The van der Waals surface area contributed by atoms with E-state index in [0.717, 1.165) is 38.4 Å². The van der Waals surface area contributed by atoms with Gasteiger partial charge in [-0.05, 0) is 31.0 Å². The van der Waals surface area contributed by atoms with E-state index in [1.807, 2.05) is 42.1 Å². The van der Waals surface area contributed by atoms with Crippen LogP contribution in [-0.4, -0.2) is 25.6 Å². The summed E-state index contributed by atoms with van der Waals surface area (Å²) in [6, 6.07) is 10.4. The highest BCUT2D eigenvalue weighted by Gasteiger charge is 2.15. The lowest BCUT2D eigenvalue weighted by Crippen LogP contribution is -2.21. The molecule has 0 aliphatic heterocycles. The smallest absolute Gasteiger partial charge is 0.184 e. The Hall–Kier alpha value is -2.93. The highest BCUT2D eigenvalue weighted by Crippen LogP contribution is 2.33. The molecule has 4 aromatic rings. The van der Waals surface area contributed by atoms with Crippen molar-refractivity contribution in [2.45, 2.75) is 38.1 Å². The number of hydrogen-bond acceptors (Lipinski definition) is 6. The minimum Gasteiger partial charge on any atom is -0.457 e. The zero-order valence-corrected chi connectivity index (χ0v) is 17.2. The van der Waals surface area contributed by atoms with Crippen LogP contribution in [-0.2, 0) is 7.05 Å². The Balaban J connectivity index is 1.35. The maximum Gasteiger partial charge on any atom is 0.184 e. The van der Waals surface area contributed by atoms with Gasteiger partial charge in [0, 0.05) is 43.8 Å². The van der Waals surface area contributed by atoms with Crippen LogP contribution in [0.15, 0.2) is 48.9 Å². The fraction of sp³-hybridized carbons (Fsp3) is 0.318.